The number of carbonyl (C=O) groups excluding carboxylic acids is 1. The molecule has 0 bridgehead atoms. The molecule has 1 aliphatic carbocycles. The lowest BCUT2D eigenvalue weighted by Gasteiger charge is -2.22. The molecule has 2 amide bonds. The molecule has 1 unspecified atom stereocenters. The number of allylic oxidation sites excluding steroid dienone is 1. The number of nitrogens with one attached hydrogen (secondary N) is 3. The van der Waals surface area contributed by atoms with E-state index < -0.39 is 23.6 Å². The van der Waals surface area contributed by atoms with Crippen LogP contribution in [0, 0.1) is 12.7 Å². The number of hydrogen-bond acceptors (Lipinski definition) is 5. The number of urea groups is 1. The van der Waals surface area contributed by atoms with E-state index in [1.807, 2.05) is 18.4 Å². The Labute approximate surface area is 227 Å². The van der Waals surface area contributed by atoms with Gasteiger partial charge >= 0.3 is 12.2 Å². The van der Waals surface area contributed by atoms with Gasteiger partial charge in [0, 0.05) is 23.0 Å². The SMILES string of the molecule is CNC1CC=C(c2cnc(N)c3c(-c4ccc(NC(=O)Nc5cccc(C(F)(F)F)c5)cc4F)nc(C)n23)CC1. The number of aryl methyl sites for hydroxylation is 1. The standard InChI is InChI=1S/C28H27F4N7O/c1-15-36-24(25-26(33)35-14-23(39(15)25)16-6-8-18(34-2)9-7-16)21-11-10-20(13-22(21)29)38-27(40)37-19-5-3-4-17(12-19)28(30,31)32/h3-6,10-14,18,34H,7-9H2,1-2H3,(H2,33,35)(H2,37,38,40). The highest BCUT2D eigenvalue weighted by atomic mass is 19.4. The zero-order chi connectivity index (χ0) is 28.6. The average Bonchev–Trinajstić information content (AvgIpc) is 3.26. The smallest absolute Gasteiger partial charge is 0.382 e. The van der Waals surface area contributed by atoms with E-state index in [4.69, 9.17) is 5.73 Å². The second-order valence-corrected chi connectivity index (χ2v) is 9.56. The summed E-state index contributed by atoms with van der Waals surface area (Å²) >= 11 is 0. The van der Waals surface area contributed by atoms with Crippen LogP contribution >= 0.6 is 0 Å². The van der Waals surface area contributed by atoms with Gasteiger partial charge in [-0.3, -0.25) is 4.40 Å². The van der Waals surface area contributed by atoms with Gasteiger partial charge in [-0.25, -0.2) is 19.2 Å². The number of rotatable bonds is 5. The molecular formula is C28H27F4N7O. The molecule has 0 saturated carbocycles. The Morgan fingerprint density at radius 2 is 1.88 bits per heavy atom. The third-order valence-electron chi connectivity index (χ3n) is 6.93. The number of fused-ring (bicyclic) bond motifs is 1. The monoisotopic (exact) mass is 553 g/mol. The fraction of sp³-hybridized carbons (Fsp3) is 0.250. The zero-order valence-corrected chi connectivity index (χ0v) is 21.7. The lowest BCUT2D eigenvalue weighted by atomic mass is 9.93. The fourth-order valence-electron chi connectivity index (χ4n) is 4.91. The van der Waals surface area contributed by atoms with Crippen molar-refractivity contribution >= 4 is 34.3 Å². The third kappa shape index (κ3) is 5.34. The summed E-state index contributed by atoms with van der Waals surface area (Å²) in [6, 6.07) is 7.83. The highest BCUT2D eigenvalue weighted by molar-refractivity contribution is 6.00. The highest BCUT2D eigenvalue weighted by Gasteiger charge is 2.30. The van der Waals surface area contributed by atoms with Gasteiger partial charge in [0.25, 0.3) is 0 Å². The Morgan fingerprint density at radius 1 is 1.12 bits per heavy atom. The maximum Gasteiger partial charge on any atom is 0.416 e. The van der Waals surface area contributed by atoms with Crippen LogP contribution < -0.4 is 21.7 Å². The summed E-state index contributed by atoms with van der Waals surface area (Å²) in [5.41, 5.74) is 8.30. The largest absolute Gasteiger partial charge is 0.416 e. The van der Waals surface area contributed by atoms with Gasteiger partial charge in [-0.15, -0.1) is 0 Å². The van der Waals surface area contributed by atoms with Crippen molar-refractivity contribution in [2.75, 3.05) is 23.4 Å². The highest BCUT2D eigenvalue weighted by Crippen LogP contribution is 2.35. The van der Waals surface area contributed by atoms with Crippen LogP contribution in [-0.2, 0) is 6.18 Å². The van der Waals surface area contributed by atoms with Gasteiger partial charge in [-0.05, 0) is 75.2 Å². The summed E-state index contributed by atoms with van der Waals surface area (Å²) in [6.45, 7) is 1.81. The summed E-state index contributed by atoms with van der Waals surface area (Å²) in [5.74, 6) is 0.147. The topological polar surface area (TPSA) is 109 Å². The molecule has 12 heteroatoms. The predicted octanol–water partition coefficient (Wildman–Crippen LogP) is 6.24. The van der Waals surface area contributed by atoms with Crippen molar-refractivity contribution in [1.82, 2.24) is 19.7 Å². The van der Waals surface area contributed by atoms with E-state index >= 15 is 4.39 Å². The van der Waals surface area contributed by atoms with E-state index in [1.165, 1.54) is 24.3 Å². The van der Waals surface area contributed by atoms with E-state index in [-0.39, 0.29) is 22.8 Å². The molecule has 2 aromatic heterocycles. The zero-order valence-electron chi connectivity index (χ0n) is 21.7. The van der Waals surface area contributed by atoms with Crippen LogP contribution in [0.3, 0.4) is 0 Å². The van der Waals surface area contributed by atoms with Gasteiger partial charge in [0.15, 0.2) is 0 Å². The number of imidazole rings is 1. The van der Waals surface area contributed by atoms with Gasteiger partial charge in [-0.1, -0.05) is 12.1 Å². The minimum absolute atomic E-state index is 0.0577. The molecule has 4 aromatic rings. The van der Waals surface area contributed by atoms with Crippen molar-refractivity contribution in [3.63, 3.8) is 0 Å². The fourth-order valence-corrected chi connectivity index (χ4v) is 4.91. The Morgan fingerprint density at radius 3 is 2.52 bits per heavy atom. The molecule has 0 spiro atoms. The summed E-state index contributed by atoms with van der Waals surface area (Å²) in [5, 5.41) is 8.05. The van der Waals surface area contributed by atoms with Gasteiger partial charge in [0.1, 0.15) is 28.7 Å². The van der Waals surface area contributed by atoms with Crippen molar-refractivity contribution in [3.8, 4) is 11.3 Å². The number of nitrogens with zero attached hydrogens (tertiary/aromatic N) is 3. The first-order valence-electron chi connectivity index (χ1n) is 12.6. The molecular weight excluding hydrogens is 526 g/mol. The van der Waals surface area contributed by atoms with E-state index in [2.05, 4.69) is 32.0 Å². The van der Waals surface area contributed by atoms with Crippen LogP contribution in [0.4, 0.5) is 39.5 Å². The maximum atomic E-state index is 15.4. The van der Waals surface area contributed by atoms with Crippen LogP contribution in [0.25, 0.3) is 22.3 Å². The molecule has 2 aromatic carbocycles. The number of anilines is 3. The van der Waals surface area contributed by atoms with Gasteiger partial charge in [-0.2, -0.15) is 13.2 Å². The van der Waals surface area contributed by atoms with E-state index in [0.717, 1.165) is 48.7 Å². The van der Waals surface area contributed by atoms with Crippen LogP contribution in [0.1, 0.15) is 36.3 Å². The molecule has 5 rings (SSSR count). The molecule has 5 N–H and O–H groups in total. The van der Waals surface area contributed by atoms with E-state index in [0.29, 0.717) is 23.1 Å². The quantitative estimate of drug-likeness (QED) is 0.219. The van der Waals surface area contributed by atoms with Crippen molar-refractivity contribution < 1.29 is 22.4 Å². The normalized spacial score (nSPS) is 15.7. The number of nitrogen functional groups attached to an aromatic ring is 1. The number of halogens is 4. The molecule has 40 heavy (non-hydrogen) atoms. The number of alkyl halides is 3. The van der Waals surface area contributed by atoms with Crippen molar-refractivity contribution in [2.45, 2.75) is 38.4 Å². The summed E-state index contributed by atoms with van der Waals surface area (Å²) in [6.07, 6.45) is 2.02. The molecule has 0 aliphatic heterocycles. The van der Waals surface area contributed by atoms with Gasteiger partial charge < -0.3 is 21.7 Å². The first kappa shape index (κ1) is 27.1. The Balaban J connectivity index is 1.41. The number of aromatic nitrogens is 3. The molecule has 208 valence electrons. The lowest BCUT2D eigenvalue weighted by Crippen LogP contribution is -2.26. The van der Waals surface area contributed by atoms with Crippen LogP contribution in [0.2, 0.25) is 0 Å². The third-order valence-corrected chi connectivity index (χ3v) is 6.93. The summed E-state index contributed by atoms with van der Waals surface area (Å²) in [4.78, 5) is 21.4. The minimum atomic E-state index is -4.55. The Kier molecular flexibility index (Phi) is 7.19. The molecule has 0 radical (unpaired) electrons. The maximum absolute atomic E-state index is 15.4. The number of carbonyl (C=O) groups is 1. The minimum Gasteiger partial charge on any atom is -0.382 e. The van der Waals surface area contributed by atoms with Gasteiger partial charge in [0.2, 0.25) is 0 Å². The Bertz CT molecular complexity index is 1630. The molecule has 1 aliphatic rings. The first-order chi connectivity index (χ1) is 19.0. The predicted molar refractivity (Wildman–Crippen MR) is 146 cm³/mol. The number of nitrogens with two attached hydrogens (primary N) is 1. The van der Waals surface area contributed by atoms with Crippen molar-refractivity contribution in [1.29, 1.82) is 0 Å². The number of benzene rings is 2. The van der Waals surface area contributed by atoms with Crippen molar-refractivity contribution in [2.24, 2.45) is 0 Å². The number of amides is 2. The molecule has 2 heterocycles. The molecule has 1 atom stereocenters. The first-order valence-corrected chi connectivity index (χ1v) is 12.6. The Hall–Kier alpha value is -4.45. The van der Waals surface area contributed by atoms with Crippen LogP contribution in [0.15, 0.2) is 54.7 Å². The van der Waals surface area contributed by atoms with Crippen molar-refractivity contribution in [3.05, 3.63) is 77.6 Å². The van der Waals surface area contributed by atoms with Crippen LogP contribution in [-0.4, -0.2) is 33.5 Å². The molecule has 8 nitrogen and oxygen atoms in total. The van der Waals surface area contributed by atoms with E-state index in [9.17, 15) is 18.0 Å². The average molecular weight is 554 g/mol. The number of hydrogen-bond donors (Lipinski definition) is 4. The van der Waals surface area contributed by atoms with E-state index in [1.54, 1.807) is 6.20 Å². The van der Waals surface area contributed by atoms with Gasteiger partial charge in [0.05, 0.1) is 17.5 Å². The second kappa shape index (κ2) is 10.6. The summed E-state index contributed by atoms with van der Waals surface area (Å²) < 4.78 is 56.1. The lowest BCUT2D eigenvalue weighted by molar-refractivity contribution is -0.137. The molecule has 0 saturated heterocycles. The molecule has 0 fully saturated rings. The van der Waals surface area contributed by atoms with Crippen LogP contribution in [0.5, 0.6) is 0 Å². The summed E-state index contributed by atoms with van der Waals surface area (Å²) in [7, 11) is 1.94. The second-order valence-electron chi connectivity index (χ2n) is 9.56.